The van der Waals surface area contributed by atoms with Crippen LogP contribution in [0, 0.1) is 13.8 Å². The van der Waals surface area contributed by atoms with Gasteiger partial charge in [0, 0.05) is 11.4 Å². The first kappa shape index (κ1) is 13.5. The van der Waals surface area contributed by atoms with Crippen molar-refractivity contribution in [3.8, 4) is 0 Å². The van der Waals surface area contributed by atoms with E-state index in [1.165, 1.54) is 0 Å². The molecule has 2 rings (SSSR count). The van der Waals surface area contributed by atoms with Crippen LogP contribution in [0.5, 0.6) is 0 Å². The maximum Gasteiger partial charge on any atom is 0.256 e. The zero-order chi connectivity index (χ0) is 14.0. The molecule has 98 valence electrons. The number of benzene rings is 1. The number of nitrogens with zero attached hydrogens (tertiary/aromatic N) is 1. The minimum absolute atomic E-state index is 0.215. The Morgan fingerprint density at radius 1 is 1.26 bits per heavy atom. The summed E-state index contributed by atoms with van der Waals surface area (Å²) in [7, 11) is 0. The highest BCUT2D eigenvalue weighted by Gasteiger charge is 2.13. The number of pyridine rings is 1. The smallest absolute Gasteiger partial charge is 0.256 e. The Bertz CT molecular complexity index is 641. The lowest BCUT2D eigenvalue weighted by molar-refractivity contribution is 0.102. The van der Waals surface area contributed by atoms with Crippen LogP contribution in [0.3, 0.4) is 0 Å². The van der Waals surface area contributed by atoms with Gasteiger partial charge in [0.2, 0.25) is 0 Å². The lowest BCUT2D eigenvalue weighted by atomic mass is 10.2. The fourth-order valence-electron chi connectivity index (χ4n) is 1.73. The number of hydrogen-bond acceptors (Lipinski definition) is 3. The summed E-state index contributed by atoms with van der Waals surface area (Å²) in [5.41, 5.74) is 9.20. The average Bonchev–Trinajstić information content (AvgIpc) is 2.36. The normalized spacial score (nSPS) is 10.3. The molecule has 0 radical (unpaired) electrons. The summed E-state index contributed by atoms with van der Waals surface area (Å²) in [6.07, 6.45) is 0. The number of aryl methyl sites for hydroxylation is 2. The second kappa shape index (κ2) is 5.40. The van der Waals surface area contributed by atoms with Gasteiger partial charge in [0.05, 0.1) is 21.4 Å². The average molecular weight is 320 g/mol. The standard InChI is InChI=1S/C14H14BrN3O/c1-8-6-7-12(9(2)17-8)18-14(19)10-4-3-5-11(16)13(10)15/h3-7H,16H2,1-2H3,(H,18,19). The van der Waals surface area contributed by atoms with E-state index < -0.39 is 0 Å². The number of aromatic nitrogens is 1. The van der Waals surface area contributed by atoms with Gasteiger partial charge in [-0.3, -0.25) is 9.78 Å². The SMILES string of the molecule is Cc1ccc(NC(=O)c2cccc(N)c2Br)c(C)n1. The van der Waals surface area contributed by atoms with Crippen LogP contribution in [0.1, 0.15) is 21.7 Å². The van der Waals surface area contributed by atoms with Gasteiger partial charge in [0.25, 0.3) is 5.91 Å². The van der Waals surface area contributed by atoms with Crippen LogP contribution < -0.4 is 11.1 Å². The highest BCUT2D eigenvalue weighted by Crippen LogP contribution is 2.25. The Hall–Kier alpha value is -1.88. The van der Waals surface area contributed by atoms with Crippen molar-refractivity contribution in [1.29, 1.82) is 0 Å². The molecule has 0 bridgehead atoms. The zero-order valence-electron chi connectivity index (χ0n) is 10.7. The second-order valence-corrected chi connectivity index (χ2v) is 5.04. The third-order valence-electron chi connectivity index (χ3n) is 2.75. The monoisotopic (exact) mass is 319 g/mol. The lowest BCUT2D eigenvalue weighted by Crippen LogP contribution is -2.14. The molecule has 0 saturated carbocycles. The number of halogens is 1. The molecule has 0 saturated heterocycles. The molecule has 0 aliphatic rings. The Labute approximate surface area is 120 Å². The van der Waals surface area contributed by atoms with E-state index in [1.54, 1.807) is 18.2 Å². The van der Waals surface area contributed by atoms with E-state index in [0.717, 1.165) is 11.4 Å². The summed E-state index contributed by atoms with van der Waals surface area (Å²) in [5, 5.41) is 2.83. The van der Waals surface area contributed by atoms with Crippen LogP contribution in [0.25, 0.3) is 0 Å². The van der Waals surface area contributed by atoms with E-state index in [0.29, 0.717) is 21.4 Å². The molecule has 1 heterocycles. The van der Waals surface area contributed by atoms with Gasteiger partial charge in [-0.25, -0.2) is 0 Å². The molecule has 19 heavy (non-hydrogen) atoms. The molecule has 4 nitrogen and oxygen atoms in total. The molecular formula is C14H14BrN3O. The maximum atomic E-state index is 12.2. The molecular weight excluding hydrogens is 306 g/mol. The largest absolute Gasteiger partial charge is 0.398 e. The minimum atomic E-state index is -0.215. The number of nitrogens with one attached hydrogen (secondary N) is 1. The molecule has 0 fully saturated rings. The van der Waals surface area contributed by atoms with Crippen molar-refractivity contribution in [2.75, 3.05) is 11.1 Å². The molecule has 0 unspecified atom stereocenters. The van der Waals surface area contributed by atoms with Crippen LogP contribution in [-0.4, -0.2) is 10.9 Å². The van der Waals surface area contributed by atoms with Crippen LogP contribution in [-0.2, 0) is 0 Å². The van der Waals surface area contributed by atoms with Crippen molar-refractivity contribution in [1.82, 2.24) is 4.98 Å². The van der Waals surface area contributed by atoms with Crippen LogP contribution in [0.4, 0.5) is 11.4 Å². The highest BCUT2D eigenvalue weighted by atomic mass is 79.9. The molecule has 5 heteroatoms. The van der Waals surface area contributed by atoms with Crippen LogP contribution in [0.15, 0.2) is 34.8 Å². The lowest BCUT2D eigenvalue weighted by Gasteiger charge is -2.10. The first-order valence-electron chi connectivity index (χ1n) is 5.78. The van der Waals surface area contributed by atoms with Crippen molar-refractivity contribution in [3.63, 3.8) is 0 Å². The molecule has 2 aromatic rings. The van der Waals surface area contributed by atoms with Gasteiger partial charge in [-0.2, -0.15) is 0 Å². The van der Waals surface area contributed by atoms with Gasteiger partial charge in [0.15, 0.2) is 0 Å². The second-order valence-electron chi connectivity index (χ2n) is 4.25. The van der Waals surface area contributed by atoms with E-state index >= 15 is 0 Å². The van der Waals surface area contributed by atoms with Crippen molar-refractivity contribution in [2.24, 2.45) is 0 Å². The number of carbonyl (C=O) groups is 1. The third-order valence-corrected chi connectivity index (χ3v) is 3.63. The summed E-state index contributed by atoms with van der Waals surface area (Å²) in [4.78, 5) is 16.5. The molecule has 1 amide bonds. The van der Waals surface area contributed by atoms with Crippen LogP contribution >= 0.6 is 15.9 Å². The number of nitrogens with two attached hydrogens (primary N) is 1. The number of hydrogen-bond donors (Lipinski definition) is 2. The summed E-state index contributed by atoms with van der Waals surface area (Å²) in [6, 6.07) is 8.90. The third kappa shape index (κ3) is 2.93. The summed E-state index contributed by atoms with van der Waals surface area (Å²) in [5.74, 6) is -0.215. The van der Waals surface area contributed by atoms with Crippen molar-refractivity contribution in [3.05, 3.63) is 51.8 Å². The number of carbonyl (C=O) groups excluding carboxylic acids is 1. The van der Waals surface area contributed by atoms with E-state index in [1.807, 2.05) is 26.0 Å². The summed E-state index contributed by atoms with van der Waals surface area (Å²) in [6.45, 7) is 3.77. The molecule has 3 N–H and O–H groups in total. The Kier molecular flexibility index (Phi) is 3.85. The molecule has 0 aliphatic carbocycles. The fraction of sp³-hybridized carbons (Fsp3) is 0.143. The Morgan fingerprint density at radius 2 is 2.00 bits per heavy atom. The van der Waals surface area contributed by atoms with E-state index in [4.69, 9.17) is 5.73 Å². The van der Waals surface area contributed by atoms with Crippen molar-refractivity contribution in [2.45, 2.75) is 13.8 Å². The first-order valence-corrected chi connectivity index (χ1v) is 6.58. The van der Waals surface area contributed by atoms with E-state index in [9.17, 15) is 4.79 Å². The number of nitrogen functional groups attached to an aromatic ring is 1. The molecule has 1 aromatic heterocycles. The quantitative estimate of drug-likeness (QED) is 0.834. The predicted octanol–water partition coefficient (Wildman–Crippen LogP) is 3.30. The number of rotatable bonds is 2. The van der Waals surface area contributed by atoms with Gasteiger partial charge in [-0.05, 0) is 54.0 Å². The minimum Gasteiger partial charge on any atom is -0.398 e. The molecule has 1 aromatic carbocycles. The van der Waals surface area contributed by atoms with E-state index in [-0.39, 0.29) is 5.91 Å². The molecule has 0 aliphatic heterocycles. The van der Waals surface area contributed by atoms with Crippen LogP contribution in [0.2, 0.25) is 0 Å². The van der Waals surface area contributed by atoms with Gasteiger partial charge in [0.1, 0.15) is 0 Å². The molecule has 0 atom stereocenters. The van der Waals surface area contributed by atoms with Crippen molar-refractivity contribution < 1.29 is 4.79 Å². The van der Waals surface area contributed by atoms with Gasteiger partial charge < -0.3 is 11.1 Å². The predicted molar refractivity (Wildman–Crippen MR) is 80.2 cm³/mol. The Morgan fingerprint density at radius 3 is 2.68 bits per heavy atom. The molecule has 0 spiro atoms. The first-order chi connectivity index (χ1) is 8.99. The number of amides is 1. The maximum absolute atomic E-state index is 12.2. The van der Waals surface area contributed by atoms with Gasteiger partial charge >= 0.3 is 0 Å². The topological polar surface area (TPSA) is 68.0 Å². The highest BCUT2D eigenvalue weighted by molar-refractivity contribution is 9.10. The summed E-state index contributed by atoms with van der Waals surface area (Å²) < 4.78 is 0.602. The summed E-state index contributed by atoms with van der Waals surface area (Å²) >= 11 is 3.32. The zero-order valence-corrected chi connectivity index (χ0v) is 12.3. The fourth-order valence-corrected chi connectivity index (χ4v) is 2.18. The van der Waals surface area contributed by atoms with Gasteiger partial charge in [-0.15, -0.1) is 0 Å². The number of anilines is 2. The van der Waals surface area contributed by atoms with Crippen molar-refractivity contribution >= 4 is 33.2 Å². The van der Waals surface area contributed by atoms with E-state index in [2.05, 4.69) is 26.2 Å². The Balaban J connectivity index is 2.28. The van der Waals surface area contributed by atoms with Gasteiger partial charge in [-0.1, -0.05) is 6.07 Å².